The Hall–Kier alpha value is -0.170. The summed E-state index contributed by atoms with van der Waals surface area (Å²) in [6.45, 7) is 4.20. The van der Waals surface area contributed by atoms with Gasteiger partial charge >= 0.3 is 0 Å². The van der Waals surface area contributed by atoms with Gasteiger partial charge in [0, 0.05) is 19.7 Å². The standard InChI is InChI=1S/C13H24N2O3S/c16-19(17,10-12-2-1-9-18-12)15-8-5-13(11-15)3-6-14-7-4-13/h12,14H,1-11H2. The van der Waals surface area contributed by atoms with Gasteiger partial charge in [0.15, 0.2) is 0 Å². The molecule has 0 bridgehead atoms. The van der Waals surface area contributed by atoms with E-state index in [4.69, 9.17) is 4.74 Å². The molecule has 3 aliphatic rings. The Kier molecular flexibility index (Phi) is 3.86. The molecule has 6 heteroatoms. The fraction of sp³-hybridized carbons (Fsp3) is 1.00. The van der Waals surface area contributed by atoms with Gasteiger partial charge in [-0.2, -0.15) is 0 Å². The first-order chi connectivity index (χ1) is 9.10. The van der Waals surface area contributed by atoms with E-state index in [2.05, 4.69) is 5.32 Å². The number of nitrogens with one attached hydrogen (secondary N) is 1. The van der Waals surface area contributed by atoms with Crippen LogP contribution < -0.4 is 5.32 Å². The Morgan fingerprint density at radius 1 is 1.26 bits per heavy atom. The van der Waals surface area contributed by atoms with Crippen LogP contribution >= 0.6 is 0 Å². The lowest BCUT2D eigenvalue weighted by Crippen LogP contribution is -2.41. The summed E-state index contributed by atoms with van der Waals surface area (Å²) < 4.78 is 32.1. The van der Waals surface area contributed by atoms with E-state index in [0.717, 1.165) is 58.3 Å². The number of rotatable bonds is 3. The first-order valence-electron chi connectivity index (χ1n) is 7.40. The number of piperidine rings is 1. The molecule has 0 aliphatic carbocycles. The highest BCUT2D eigenvalue weighted by molar-refractivity contribution is 7.89. The molecule has 110 valence electrons. The highest BCUT2D eigenvalue weighted by Crippen LogP contribution is 2.39. The van der Waals surface area contributed by atoms with E-state index in [1.165, 1.54) is 0 Å². The third kappa shape index (κ3) is 2.96. The van der Waals surface area contributed by atoms with Crippen LogP contribution in [0, 0.1) is 5.41 Å². The summed E-state index contributed by atoms with van der Waals surface area (Å²) in [5, 5.41) is 3.36. The van der Waals surface area contributed by atoms with E-state index in [1.54, 1.807) is 4.31 Å². The average molecular weight is 288 g/mol. The molecule has 3 heterocycles. The maximum Gasteiger partial charge on any atom is 0.216 e. The summed E-state index contributed by atoms with van der Waals surface area (Å²) in [5.41, 5.74) is 0.245. The van der Waals surface area contributed by atoms with Crippen molar-refractivity contribution in [3.8, 4) is 0 Å². The van der Waals surface area contributed by atoms with Gasteiger partial charge in [0.1, 0.15) is 0 Å². The maximum absolute atomic E-state index is 12.4. The molecule has 0 aromatic heterocycles. The van der Waals surface area contributed by atoms with E-state index in [-0.39, 0.29) is 17.3 Å². The predicted octanol–water partition coefficient (Wildman–Crippen LogP) is 0.571. The quantitative estimate of drug-likeness (QED) is 0.825. The normalized spacial score (nSPS) is 32.1. The van der Waals surface area contributed by atoms with Gasteiger partial charge in [-0.25, -0.2) is 12.7 Å². The molecule has 1 atom stereocenters. The summed E-state index contributed by atoms with van der Waals surface area (Å²) in [4.78, 5) is 0. The van der Waals surface area contributed by atoms with E-state index < -0.39 is 10.0 Å². The molecule has 0 aromatic carbocycles. The number of ether oxygens (including phenoxy) is 1. The number of hydrogen-bond acceptors (Lipinski definition) is 4. The summed E-state index contributed by atoms with van der Waals surface area (Å²) in [5.74, 6) is 0.182. The maximum atomic E-state index is 12.4. The van der Waals surface area contributed by atoms with Gasteiger partial charge in [-0.15, -0.1) is 0 Å². The molecule has 3 rings (SSSR count). The largest absolute Gasteiger partial charge is 0.377 e. The Balaban J connectivity index is 1.62. The molecule has 3 saturated heterocycles. The van der Waals surface area contributed by atoms with Gasteiger partial charge in [-0.05, 0) is 50.6 Å². The fourth-order valence-corrected chi connectivity index (χ4v) is 5.40. The molecule has 1 N–H and O–H groups in total. The minimum Gasteiger partial charge on any atom is -0.377 e. The van der Waals surface area contributed by atoms with Crippen LogP contribution in [0.2, 0.25) is 0 Å². The van der Waals surface area contributed by atoms with Crippen LogP contribution in [0.3, 0.4) is 0 Å². The lowest BCUT2D eigenvalue weighted by molar-refractivity contribution is 0.126. The van der Waals surface area contributed by atoms with Crippen molar-refractivity contribution in [3.63, 3.8) is 0 Å². The highest BCUT2D eigenvalue weighted by atomic mass is 32.2. The lowest BCUT2D eigenvalue weighted by atomic mass is 9.78. The Morgan fingerprint density at radius 2 is 2.05 bits per heavy atom. The lowest BCUT2D eigenvalue weighted by Gasteiger charge is -2.33. The molecule has 5 nitrogen and oxygen atoms in total. The van der Waals surface area contributed by atoms with E-state index in [9.17, 15) is 8.42 Å². The SMILES string of the molecule is O=S(=O)(CC1CCCO1)N1CCC2(CCNCC2)C1. The first-order valence-corrected chi connectivity index (χ1v) is 9.01. The molecule has 3 aliphatic heterocycles. The van der Waals surface area contributed by atoms with Crippen molar-refractivity contribution in [1.82, 2.24) is 9.62 Å². The Labute approximate surface area is 115 Å². The molecule has 0 saturated carbocycles. The van der Waals surface area contributed by atoms with Crippen LogP contribution in [0.15, 0.2) is 0 Å². The number of nitrogens with zero attached hydrogens (tertiary/aromatic N) is 1. The number of sulfonamides is 1. The molecule has 1 spiro atoms. The third-order valence-corrected chi connectivity index (χ3v) is 6.77. The second-order valence-corrected chi connectivity index (χ2v) is 8.26. The fourth-order valence-electron chi connectivity index (χ4n) is 3.61. The van der Waals surface area contributed by atoms with Crippen molar-refractivity contribution in [1.29, 1.82) is 0 Å². The zero-order valence-electron chi connectivity index (χ0n) is 11.4. The van der Waals surface area contributed by atoms with E-state index >= 15 is 0 Å². The summed E-state index contributed by atoms with van der Waals surface area (Å²) >= 11 is 0. The van der Waals surface area contributed by atoms with Crippen LogP contribution in [0.25, 0.3) is 0 Å². The topological polar surface area (TPSA) is 58.6 Å². The van der Waals surface area contributed by atoms with Crippen molar-refractivity contribution >= 4 is 10.0 Å². The van der Waals surface area contributed by atoms with Crippen LogP contribution in [-0.2, 0) is 14.8 Å². The summed E-state index contributed by atoms with van der Waals surface area (Å²) in [6.07, 6.45) is 5.06. The monoisotopic (exact) mass is 288 g/mol. The van der Waals surface area contributed by atoms with Crippen molar-refractivity contribution in [2.45, 2.75) is 38.2 Å². The molecule has 3 fully saturated rings. The summed E-state index contributed by atoms with van der Waals surface area (Å²) in [6, 6.07) is 0. The Bertz CT molecular complexity index is 412. The zero-order valence-corrected chi connectivity index (χ0v) is 12.3. The zero-order chi connectivity index (χ0) is 13.3. The van der Waals surface area contributed by atoms with Gasteiger partial charge in [0.25, 0.3) is 0 Å². The second kappa shape index (κ2) is 5.31. The van der Waals surface area contributed by atoms with Crippen LogP contribution in [0.5, 0.6) is 0 Å². The molecule has 0 radical (unpaired) electrons. The first kappa shape index (κ1) is 13.8. The van der Waals surface area contributed by atoms with E-state index in [1.807, 2.05) is 0 Å². The number of hydrogen-bond donors (Lipinski definition) is 1. The predicted molar refractivity (Wildman–Crippen MR) is 73.5 cm³/mol. The molecule has 0 amide bonds. The van der Waals surface area contributed by atoms with Crippen LogP contribution in [0.1, 0.15) is 32.1 Å². The van der Waals surface area contributed by atoms with Gasteiger partial charge in [0.2, 0.25) is 10.0 Å². The van der Waals surface area contributed by atoms with Gasteiger partial charge in [-0.1, -0.05) is 0 Å². The van der Waals surface area contributed by atoms with Gasteiger partial charge in [0.05, 0.1) is 11.9 Å². The van der Waals surface area contributed by atoms with Crippen molar-refractivity contribution in [2.75, 3.05) is 38.5 Å². The van der Waals surface area contributed by atoms with Crippen LogP contribution in [-0.4, -0.2) is 57.4 Å². The Morgan fingerprint density at radius 3 is 2.74 bits per heavy atom. The average Bonchev–Trinajstić information content (AvgIpc) is 3.01. The van der Waals surface area contributed by atoms with Crippen molar-refractivity contribution in [2.24, 2.45) is 5.41 Å². The minimum absolute atomic E-state index is 0.0745. The molecule has 0 aromatic rings. The molecular weight excluding hydrogens is 264 g/mol. The molecule has 19 heavy (non-hydrogen) atoms. The van der Waals surface area contributed by atoms with Crippen molar-refractivity contribution < 1.29 is 13.2 Å². The van der Waals surface area contributed by atoms with Gasteiger partial charge < -0.3 is 10.1 Å². The minimum atomic E-state index is -3.13. The smallest absolute Gasteiger partial charge is 0.216 e. The summed E-state index contributed by atoms with van der Waals surface area (Å²) in [7, 11) is -3.13. The van der Waals surface area contributed by atoms with E-state index in [0.29, 0.717) is 6.54 Å². The van der Waals surface area contributed by atoms with Crippen molar-refractivity contribution in [3.05, 3.63) is 0 Å². The molecular formula is C13H24N2O3S. The second-order valence-electron chi connectivity index (χ2n) is 6.25. The highest BCUT2D eigenvalue weighted by Gasteiger charge is 2.43. The third-order valence-electron chi connectivity index (χ3n) is 4.88. The van der Waals surface area contributed by atoms with Gasteiger partial charge in [-0.3, -0.25) is 0 Å². The molecule has 1 unspecified atom stereocenters. The van der Waals surface area contributed by atoms with Crippen LogP contribution in [0.4, 0.5) is 0 Å².